The second-order valence-electron chi connectivity index (χ2n) is 5.98. The van der Waals surface area contributed by atoms with E-state index in [0.717, 1.165) is 29.9 Å². The summed E-state index contributed by atoms with van der Waals surface area (Å²) in [6, 6.07) is 11.4. The molecule has 0 aliphatic carbocycles. The van der Waals surface area contributed by atoms with E-state index in [1.54, 1.807) is 4.90 Å². The smallest absolute Gasteiger partial charge is 0.223 e. The highest BCUT2D eigenvalue weighted by Crippen LogP contribution is 2.29. The lowest BCUT2D eigenvalue weighted by Crippen LogP contribution is -2.41. The molecule has 1 aromatic rings. The number of likely N-dealkylation sites (tertiary alicyclic amines) is 1. The second-order valence-corrected chi connectivity index (χ2v) is 8.19. The third kappa shape index (κ3) is 3.37. The summed E-state index contributed by atoms with van der Waals surface area (Å²) < 4.78 is 0. The minimum absolute atomic E-state index is 0.0132. The summed E-state index contributed by atoms with van der Waals surface area (Å²) in [5.74, 6) is 1.81. The molecule has 5 heteroatoms. The zero-order chi connectivity index (χ0) is 16.2. The predicted octanol–water partition coefficient (Wildman–Crippen LogP) is 2.51. The fraction of sp³-hybridized carbons (Fsp3) is 0.444. The summed E-state index contributed by atoms with van der Waals surface area (Å²) >= 11 is 0. The first kappa shape index (κ1) is 15.9. The number of Topliss-reactive ketones (excluding diaryl/α,β-unsaturated/α-hetero) is 1. The Morgan fingerprint density at radius 2 is 1.96 bits per heavy atom. The third-order valence-electron chi connectivity index (χ3n) is 4.47. The number of nitrogens with zero attached hydrogens (tertiary/aromatic N) is 2. The number of carbonyl (C=O) groups excluding carboxylic acids is 2. The van der Waals surface area contributed by atoms with Crippen LogP contribution in [-0.2, 0) is 16.1 Å². The van der Waals surface area contributed by atoms with Crippen LogP contribution in [-0.4, -0.2) is 39.0 Å². The molecule has 2 heterocycles. The molecule has 0 N–H and O–H groups in total. The maximum Gasteiger partial charge on any atom is 0.223 e. The molecule has 2 saturated heterocycles. The highest BCUT2D eigenvalue weighted by atomic mass is 32.2. The highest BCUT2D eigenvalue weighted by Gasteiger charge is 2.38. The molecule has 2 fully saturated rings. The maximum absolute atomic E-state index is 12.9. The van der Waals surface area contributed by atoms with Gasteiger partial charge in [0.1, 0.15) is 10.9 Å². The van der Waals surface area contributed by atoms with Crippen molar-refractivity contribution in [3.63, 3.8) is 0 Å². The molecular weight excluding hydrogens is 308 g/mol. The summed E-state index contributed by atoms with van der Waals surface area (Å²) in [4.78, 5) is 27.2. The number of amides is 1. The van der Waals surface area contributed by atoms with Gasteiger partial charge in [-0.2, -0.15) is 15.7 Å². The molecular formula is C18H20N2O2S. The molecule has 1 amide bonds. The normalized spacial score (nSPS) is 21.4. The van der Waals surface area contributed by atoms with E-state index in [-0.39, 0.29) is 22.2 Å². The number of benzene rings is 1. The van der Waals surface area contributed by atoms with Gasteiger partial charge in [-0.15, -0.1) is 0 Å². The Kier molecular flexibility index (Phi) is 4.92. The molecule has 2 aliphatic rings. The molecule has 0 saturated carbocycles. The van der Waals surface area contributed by atoms with Crippen LogP contribution < -0.4 is 0 Å². The maximum atomic E-state index is 12.9. The van der Waals surface area contributed by atoms with E-state index < -0.39 is 6.04 Å². The van der Waals surface area contributed by atoms with E-state index in [9.17, 15) is 14.9 Å². The average Bonchev–Trinajstić information content (AvgIpc) is 3.20. The zero-order valence-electron chi connectivity index (χ0n) is 13.0. The summed E-state index contributed by atoms with van der Waals surface area (Å²) in [5.41, 5.74) is 1.02. The van der Waals surface area contributed by atoms with Crippen molar-refractivity contribution in [3.05, 3.63) is 35.9 Å². The van der Waals surface area contributed by atoms with Crippen molar-refractivity contribution >= 4 is 27.0 Å². The molecule has 1 aromatic carbocycles. The predicted molar refractivity (Wildman–Crippen MR) is 92.2 cm³/mol. The van der Waals surface area contributed by atoms with E-state index in [0.29, 0.717) is 24.3 Å². The Hall–Kier alpha value is -1.93. The van der Waals surface area contributed by atoms with Gasteiger partial charge >= 0.3 is 0 Å². The molecule has 4 nitrogen and oxygen atoms in total. The van der Waals surface area contributed by atoms with Gasteiger partial charge in [-0.3, -0.25) is 9.59 Å². The third-order valence-corrected chi connectivity index (χ3v) is 6.90. The van der Waals surface area contributed by atoms with Crippen molar-refractivity contribution in [2.45, 2.75) is 38.3 Å². The van der Waals surface area contributed by atoms with Gasteiger partial charge in [0.05, 0.1) is 6.04 Å². The van der Waals surface area contributed by atoms with Crippen molar-refractivity contribution in [2.75, 3.05) is 11.5 Å². The highest BCUT2D eigenvalue weighted by molar-refractivity contribution is 8.17. The lowest BCUT2D eigenvalue weighted by molar-refractivity contribution is -0.132. The summed E-state index contributed by atoms with van der Waals surface area (Å²) in [6.07, 6.45) is 3.13. The number of rotatable bonds is 4. The van der Waals surface area contributed by atoms with E-state index in [1.807, 2.05) is 30.3 Å². The molecule has 0 spiro atoms. The lowest BCUT2D eigenvalue weighted by atomic mass is 10.1. The summed E-state index contributed by atoms with van der Waals surface area (Å²) in [6.45, 7) is 0.447. The minimum Gasteiger partial charge on any atom is -0.328 e. The van der Waals surface area contributed by atoms with E-state index in [4.69, 9.17) is 0 Å². The molecule has 120 valence electrons. The van der Waals surface area contributed by atoms with Crippen molar-refractivity contribution in [2.24, 2.45) is 0 Å². The van der Waals surface area contributed by atoms with Gasteiger partial charge in [0.2, 0.25) is 11.7 Å². The van der Waals surface area contributed by atoms with Gasteiger partial charge < -0.3 is 4.90 Å². The van der Waals surface area contributed by atoms with Crippen LogP contribution in [0, 0.1) is 11.3 Å². The Morgan fingerprint density at radius 3 is 2.61 bits per heavy atom. The van der Waals surface area contributed by atoms with Gasteiger partial charge in [-0.1, -0.05) is 30.3 Å². The van der Waals surface area contributed by atoms with Crippen molar-refractivity contribution < 1.29 is 9.59 Å². The molecule has 2 aliphatic heterocycles. The Balaban J connectivity index is 1.83. The van der Waals surface area contributed by atoms with Crippen LogP contribution >= 0.6 is 10.5 Å². The van der Waals surface area contributed by atoms with Crippen LogP contribution in [0.5, 0.6) is 0 Å². The zero-order valence-corrected chi connectivity index (χ0v) is 13.8. The number of ketones is 1. The SMILES string of the molecule is N#CC(C(=O)C1CCC(=O)N1Cc1ccccc1)=S1CCCC1. The first-order valence-electron chi connectivity index (χ1n) is 8.03. The number of nitriles is 1. The van der Waals surface area contributed by atoms with Gasteiger partial charge in [0.25, 0.3) is 0 Å². The first-order chi connectivity index (χ1) is 11.2. The van der Waals surface area contributed by atoms with Gasteiger partial charge in [-0.25, -0.2) is 0 Å². The molecule has 0 radical (unpaired) electrons. The van der Waals surface area contributed by atoms with Crippen molar-refractivity contribution in [1.29, 1.82) is 5.26 Å². The largest absolute Gasteiger partial charge is 0.328 e. The fourth-order valence-corrected chi connectivity index (χ4v) is 5.52. The summed E-state index contributed by atoms with van der Waals surface area (Å²) in [5, 5.41) is 9.45. The molecule has 23 heavy (non-hydrogen) atoms. The number of hydrogen-bond donors (Lipinski definition) is 0. The van der Waals surface area contributed by atoms with Crippen LogP contribution in [0.4, 0.5) is 0 Å². The number of hydrogen-bond acceptors (Lipinski definition) is 3. The number of carbonyl (C=O) groups is 2. The van der Waals surface area contributed by atoms with Crippen LogP contribution in [0.1, 0.15) is 31.2 Å². The van der Waals surface area contributed by atoms with Gasteiger partial charge in [-0.05, 0) is 36.3 Å². The second kappa shape index (κ2) is 7.10. The average molecular weight is 328 g/mol. The van der Waals surface area contributed by atoms with E-state index in [2.05, 4.69) is 6.07 Å². The van der Waals surface area contributed by atoms with E-state index in [1.165, 1.54) is 0 Å². The van der Waals surface area contributed by atoms with Crippen LogP contribution in [0.2, 0.25) is 0 Å². The Morgan fingerprint density at radius 1 is 1.26 bits per heavy atom. The fourth-order valence-electron chi connectivity index (χ4n) is 3.26. The molecule has 0 bridgehead atoms. The van der Waals surface area contributed by atoms with Crippen LogP contribution in [0.25, 0.3) is 0 Å². The van der Waals surface area contributed by atoms with Gasteiger partial charge in [0, 0.05) is 13.0 Å². The monoisotopic (exact) mass is 328 g/mol. The van der Waals surface area contributed by atoms with Crippen LogP contribution in [0.3, 0.4) is 0 Å². The van der Waals surface area contributed by atoms with Crippen molar-refractivity contribution in [3.8, 4) is 6.07 Å². The molecule has 1 atom stereocenters. The standard InChI is InChI=1S/C18H20N2O2S/c19-12-16(23-10-4-5-11-23)18(22)15-8-9-17(21)20(15)13-14-6-2-1-3-7-14/h1-3,6-7,15H,4-5,8-11,13H2. The van der Waals surface area contributed by atoms with E-state index >= 15 is 0 Å². The molecule has 3 rings (SSSR count). The van der Waals surface area contributed by atoms with Gasteiger partial charge in [0.15, 0.2) is 0 Å². The lowest BCUT2D eigenvalue weighted by Gasteiger charge is -2.24. The molecule has 1 unspecified atom stereocenters. The van der Waals surface area contributed by atoms with Crippen molar-refractivity contribution in [1.82, 2.24) is 4.90 Å². The minimum atomic E-state index is -0.453. The summed E-state index contributed by atoms with van der Waals surface area (Å²) in [7, 11) is -0.196. The van der Waals surface area contributed by atoms with Crippen LogP contribution in [0.15, 0.2) is 30.3 Å². The first-order valence-corrected chi connectivity index (χ1v) is 9.59. The topological polar surface area (TPSA) is 61.2 Å². The Labute approximate surface area is 139 Å². The Bertz CT molecular complexity index is 683. The molecule has 0 aromatic heterocycles. The quantitative estimate of drug-likeness (QED) is 0.798.